The minimum atomic E-state index is -0.590. The number of hydrogen-bond acceptors (Lipinski definition) is 4. The Labute approximate surface area is 126 Å². The van der Waals surface area contributed by atoms with Crippen LogP contribution in [0.15, 0.2) is 24.3 Å². The number of methoxy groups -OCH3 is 1. The summed E-state index contributed by atoms with van der Waals surface area (Å²) in [5, 5.41) is 12.1. The lowest BCUT2D eigenvalue weighted by atomic mass is 9.89. The van der Waals surface area contributed by atoms with Crippen molar-refractivity contribution in [2.24, 2.45) is 11.1 Å². The molecule has 1 aromatic carbocycles. The summed E-state index contributed by atoms with van der Waals surface area (Å²) >= 11 is 0. The Morgan fingerprint density at radius 3 is 2.57 bits per heavy atom. The number of nitrogens with two attached hydrogens (primary N) is 1. The number of hydrogen-bond donors (Lipinski definition) is 3. The van der Waals surface area contributed by atoms with Gasteiger partial charge in [0, 0.05) is 20.3 Å². The maximum atomic E-state index is 12.0. The molecule has 0 radical (unpaired) electrons. The Hall–Kier alpha value is -1.59. The van der Waals surface area contributed by atoms with E-state index in [-0.39, 0.29) is 17.1 Å². The molecule has 1 atom stereocenters. The molecule has 0 aliphatic carbocycles. The summed E-state index contributed by atoms with van der Waals surface area (Å²) in [5.41, 5.74) is 6.82. The summed E-state index contributed by atoms with van der Waals surface area (Å²) in [6, 6.07) is 6.13. The summed E-state index contributed by atoms with van der Waals surface area (Å²) in [6.45, 7) is 5.40. The molecule has 1 amide bonds. The van der Waals surface area contributed by atoms with Crippen LogP contribution in [0.2, 0.25) is 0 Å². The molecule has 118 valence electrons. The second-order valence-corrected chi connectivity index (χ2v) is 6.10. The van der Waals surface area contributed by atoms with Gasteiger partial charge in [-0.2, -0.15) is 0 Å². The van der Waals surface area contributed by atoms with Gasteiger partial charge in [-0.15, -0.1) is 0 Å². The molecule has 0 spiro atoms. The van der Waals surface area contributed by atoms with Gasteiger partial charge >= 0.3 is 0 Å². The third kappa shape index (κ3) is 6.60. The van der Waals surface area contributed by atoms with Crippen molar-refractivity contribution < 1.29 is 14.6 Å². The van der Waals surface area contributed by atoms with E-state index in [1.165, 1.54) is 0 Å². The van der Waals surface area contributed by atoms with E-state index in [0.29, 0.717) is 19.6 Å². The van der Waals surface area contributed by atoms with E-state index < -0.39 is 6.04 Å². The van der Waals surface area contributed by atoms with Gasteiger partial charge in [0.25, 0.3) is 0 Å². The van der Waals surface area contributed by atoms with Gasteiger partial charge in [-0.25, -0.2) is 0 Å². The van der Waals surface area contributed by atoms with E-state index in [9.17, 15) is 9.90 Å². The quantitative estimate of drug-likeness (QED) is 0.677. The summed E-state index contributed by atoms with van der Waals surface area (Å²) < 4.78 is 5.06. The highest BCUT2D eigenvalue weighted by molar-refractivity contribution is 5.81. The van der Waals surface area contributed by atoms with Gasteiger partial charge in [0.05, 0.1) is 6.04 Å². The van der Waals surface area contributed by atoms with Crippen LogP contribution in [0.25, 0.3) is 0 Å². The van der Waals surface area contributed by atoms with Gasteiger partial charge in [-0.3, -0.25) is 4.79 Å². The first-order chi connectivity index (χ1) is 9.84. The normalized spacial score (nSPS) is 13.0. The Kier molecular flexibility index (Phi) is 6.65. The molecule has 0 unspecified atom stereocenters. The van der Waals surface area contributed by atoms with Crippen molar-refractivity contribution in [2.45, 2.75) is 32.7 Å². The average molecular weight is 294 g/mol. The smallest absolute Gasteiger partial charge is 0.237 e. The lowest BCUT2D eigenvalue weighted by Gasteiger charge is -2.25. The highest BCUT2D eigenvalue weighted by Crippen LogP contribution is 2.18. The molecule has 0 heterocycles. The molecule has 1 aromatic rings. The number of carbonyl (C=O) groups excluding carboxylic acids is 1. The molecular weight excluding hydrogens is 268 g/mol. The number of nitrogens with one attached hydrogen (secondary N) is 1. The van der Waals surface area contributed by atoms with Crippen molar-refractivity contribution in [3.8, 4) is 5.75 Å². The van der Waals surface area contributed by atoms with Crippen LogP contribution in [0.1, 0.15) is 25.8 Å². The number of ether oxygens (including phenoxy) is 1. The molecule has 4 N–H and O–H groups in total. The summed E-state index contributed by atoms with van der Waals surface area (Å²) in [4.78, 5) is 12.0. The molecule has 0 bridgehead atoms. The van der Waals surface area contributed by atoms with E-state index in [4.69, 9.17) is 10.5 Å². The third-order valence-electron chi connectivity index (χ3n) is 3.45. The first kappa shape index (κ1) is 17.5. The van der Waals surface area contributed by atoms with Gasteiger partial charge < -0.3 is 20.9 Å². The molecular formula is C16H26N2O3. The van der Waals surface area contributed by atoms with Crippen LogP contribution >= 0.6 is 0 Å². The fraction of sp³-hybridized carbons (Fsp3) is 0.562. The Balaban J connectivity index is 2.42. The monoisotopic (exact) mass is 294 g/mol. The van der Waals surface area contributed by atoms with Gasteiger partial charge in [0.1, 0.15) is 5.75 Å². The Bertz CT molecular complexity index is 443. The lowest BCUT2D eigenvalue weighted by Crippen LogP contribution is -2.45. The predicted octanol–water partition coefficient (Wildman–Crippen LogP) is 1.44. The fourth-order valence-corrected chi connectivity index (χ4v) is 1.90. The minimum Gasteiger partial charge on any atom is -0.508 e. The van der Waals surface area contributed by atoms with Crippen LogP contribution in [0.3, 0.4) is 0 Å². The van der Waals surface area contributed by atoms with Gasteiger partial charge in [-0.1, -0.05) is 26.0 Å². The highest BCUT2D eigenvalue weighted by atomic mass is 16.5. The second-order valence-electron chi connectivity index (χ2n) is 6.10. The van der Waals surface area contributed by atoms with Crippen molar-refractivity contribution >= 4 is 5.91 Å². The van der Waals surface area contributed by atoms with Crippen molar-refractivity contribution in [1.29, 1.82) is 0 Å². The van der Waals surface area contributed by atoms with E-state index in [0.717, 1.165) is 12.0 Å². The Morgan fingerprint density at radius 2 is 2.00 bits per heavy atom. The SMILES string of the molecule is COCCC(C)(C)CNC(=O)[C@@H](N)Cc1ccc(O)cc1. The molecule has 5 heteroatoms. The summed E-state index contributed by atoms with van der Waals surface area (Å²) in [5.74, 6) is 0.0465. The molecule has 1 rings (SSSR count). The van der Waals surface area contributed by atoms with E-state index in [1.807, 2.05) is 0 Å². The molecule has 0 aliphatic heterocycles. The maximum absolute atomic E-state index is 12.0. The molecule has 0 fully saturated rings. The van der Waals surface area contributed by atoms with E-state index in [2.05, 4.69) is 19.2 Å². The number of phenols is 1. The number of carbonyl (C=O) groups is 1. The highest BCUT2D eigenvalue weighted by Gasteiger charge is 2.21. The predicted molar refractivity (Wildman–Crippen MR) is 83.1 cm³/mol. The largest absolute Gasteiger partial charge is 0.508 e. The Morgan fingerprint density at radius 1 is 1.38 bits per heavy atom. The standard InChI is InChI=1S/C16H26N2O3/c1-16(2,8-9-21-3)11-18-15(20)14(17)10-12-4-6-13(19)7-5-12/h4-7,14,19H,8-11,17H2,1-3H3,(H,18,20)/t14-/m0/s1. The van der Waals surface area contributed by atoms with Gasteiger partial charge in [-0.05, 0) is 36.0 Å². The van der Waals surface area contributed by atoms with E-state index in [1.54, 1.807) is 31.4 Å². The second kappa shape index (κ2) is 8.00. The maximum Gasteiger partial charge on any atom is 0.237 e. The zero-order chi connectivity index (χ0) is 15.9. The fourth-order valence-electron chi connectivity index (χ4n) is 1.90. The topological polar surface area (TPSA) is 84.6 Å². The lowest BCUT2D eigenvalue weighted by molar-refractivity contribution is -0.122. The minimum absolute atomic E-state index is 0.0239. The molecule has 0 aliphatic rings. The number of phenolic OH excluding ortho intramolecular Hbond substituents is 1. The third-order valence-corrected chi connectivity index (χ3v) is 3.45. The van der Waals surface area contributed by atoms with Crippen molar-refractivity contribution in [1.82, 2.24) is 5.32 Å². The van der Waals surface area contributed by atoms with Crippen LogP contribution < -0.4 is 11.1 Å². The van der Waals surface area contributed by atoms with Crippen molar-refractivity contribution in [2.75, 3.05) is 20.3 Å². The van der Waals surface area contributed by atoms with E-state index >= 15 is 0 Å². The number of amides is 1. The van der Waals surface area contributed by atoms with Crippen LogP contribution in [0.5, 0.6) is 5.75 Å². The molecule has 0 saturated carbocycles. The van der Waals surface area contributed by atoms with Crippen LogP contribution in [0.4, 0.5) is 0 Å². The van der Waals surface area contributed by atoms with Gasteiger partial charge in [0.15, 0.2) is 0 Å². The number of aromatic hydroxyl groups is 1. The molecule has 21 heavy (non-hydrogen) atoms. The van der Waals surface area contributed by atoms with Crippen LogP contribution in [0, 0.1) is 5.41 Å². The summed E-state index contributed by atoms with van der Waals surface area (Å²) in [6.07, 6.45) is 1.32. The average Bonchev–Trinajstić information content (AvgIpc) is 2.45. The zero-order valence-electron chi connectivity index (χ0n) is 13.1. The molecule has 0 aromatic heterocycles. The van der Waals surface area contributed by atoms with Gasteiger partial charge in [0.2, 0.25) is 5.91 Å². The molecule has 0 saturated heterocycles. The number of rotatable bonds is 8. The van der Waals surface area contributed by atoms with Crippen LogP contribution in [-0.2, 0) is 16.0 Å². The summed E-state index contributed by atoms with van der Waals surface area (Å²) in [7, 11) is 1.67. The number of benzene rings is 1. The van der Waals surface area contributed by atoms with Crippen molar-refractivity contribution in [3.05, 3.63) is 29.8 Å². The first-order valence-corrected chi connectivity index (χ1v) is 7.14. The van der Waals surface area contributed by atoms with Crippen LogP contribution in [-0.4, -0.2) is 37.3 Å². The zero-order valence-corrected chi connectivity index (χ0v) is 13.1. The molecule has 5 nitrogen and oxygen atoms in total. The first-order valence-electron chi connectivity index (χ1n) is 7.14. The van der Waals surface area contributed by atoms with Crippen molar-refractivity contribution in [3.63, 3.8) is 0 Å².